The van der Waals surface area contributed by atoms with Gasteiger partial charge >= 0.3 is 5.97 Å². The molecule has 1 saturated carbocycles. The first-order chi connectivity index (χ1) is 13.1. The highest BCUT2D eigenvalue weighted by atomic mass is 16.5. The van der Waals surface area contributed by atoms with Crippen molar-refractivity contribution in [2.45, 2.75) is 37.7 Å². The molecule has 6 heteroatoms. The first-order valence-electron chi connectivity index (χ1n) is 9.12. The van der Waals surface area contributed by atoms with Gasteiger partial charge in [0.25, 0.3) is 0 Å². The van der Waals surface area contributed by atoms with Gasteiger partial charge in [0, 0.05) is 17.5 Å². The molecular weight excluding hydrogens is 346 g/mol. The Bertz CT molecular complexity index is 1060. The van der Waals surface area contributed by atoms with Gasteiger partial charge in [-0.3, -0.25) is 0 Å². The fourth-order valence-corrected chi connectivity index (χ4v) is 4.30. The quantitative estimate of drug-likeness (QED) is 0.738. The summed E-state index contributed by atoms with van der Waals surface area (Å²) in [5.41, 5.74) is 3.08. The van der Waals surface area contributed by atoms with Gasteiger partial charge in [-0.2, -0.15) is 0 Å². The molecule has 27 heavy (non-hydrogen) atoms. The Hall–Kier alpha value is -3.02. The van der Waals surface area contributed by atoms with E-state index in [4.69, 9.17) is 13.9 Å². The Morgan fingerprint density at radius 1 is 1.22 bits per heavy atom. The maximum atomic E-state index is 11.2. The first kappa shape index (κ1) is 16.2. The predicted molar refractivity (Wildman–Crippen MR) is 98.5 cm³/mol. The Morgan fingerprint density at radius 2 is 2.04 bits per heavy atom. The number of aromatic carboxylic acids is 1. The summed E-state index contributed by atoms with van der Waals surface area (Å²) >= 11 is 0. The molecule has 0 bridgehead atoms. The van der Waals surface area contributed by atoms with Crippen LogP contribution < -0.4 is 9.47 Å². The standard InChI is InChI=1S/C21H19NO5/c1-25-17-7-5-13(14-11-21(27-18(14)17)8-2-3-9-21)19-22-15-10-12(20(23)24)4-6-16(15)26-19/h4-7,10H,2-3,8-9,11H2,1H3,(H,23,24). The molecule has 1 N–H and O–H groups in total. The Morgan fingerprint density at radius 3 is 2.78 bits per heavy atom. The van der Waals surface area contributed by atoms with E-state index in [9.17, 15) is 9.90 Å². The maximum absolute atomic E-state index is 11.2. The van der Waals surface area contributed by atoms with Gasteiger partial charge < -0.3 is 19.0 Å². The highest BCUT2D eigenvalue weighted by molar-refractivity contribution is 5.92. The van der Waals surface area contributed by atoms with Crippen LogP contribution >= 0.6 is 0 Å². The number of oxazole rings is 1. The molecule has 1 fully saturated rings. The van der Waals surface area contributed by atoms with Crippen molar-refractivity contribution >= 4 is 17.1 Å². The van der Waals surface area contributed by atoms with Crippen LogP contribution in [0.5, 0.6) is 11.5 Å². The van der Waals surface area contributed by atoms with Crippen LogP contribution in [0.3, 0.4) is 0 Å². The third kappa shape index (κ3) is 2.47. The average Bonchev–Trinajstić information content (AvgIpc) is 3.38. The molecule has 0 atom stereocenters. The Balaban J connectivity index is 1.63. The molecule has 1 aromatic heterocycles. The van der Waals surface area contributed by atoms with Crippen LogP contribution in [0.25, 0.3) is 22.6 Å². The fourth-order valence-electron chi connectivity index (χ4n) is 4.30. The van der Waals surface area contributed by atoms with E-state index in [1.807, 2.05) is 12.1 Å². The van der Waals surface area contributed by atoms with Gasteiger partial charge in [0.15, 0.2) is 17.1 Å². The van der Waals surface area contributed by atoms with Gasteiger partial charge in [-0.25, -0.2) is 9.78 Å². The van der Waals surface area contributed by atoms with E-state index >= 15 is 0 Å². The third-order valence-corrected chi connectivity index (χ3v) is 5.64. The molecule has 0 radical (unpaired) electrons. The molecule has 3 aromatic rings. The van der Waals surface area contributed by atoms with Gasteiger partial charge in [-0.15, -0.1) is 0 Å². The average molecular weight is 365 g/mol. The number of carbonyl (C=O) groups is 1. The van der Waals surface area contributed by atoms with E-state index in [-0.39, 0.29) is 11.2 Å². The molecule has 2 aliphatic rings. The number of methoxy groups -OCH3 is 1. The molecule has 1 spiro atoms. The van der Waals surface area contributed by atoms with Crippen molar-refractivity contribution in [2.75, 3.05) is 7.11 Å². The lowest BCUT2D eigenvalue weighted by molar-refractivity contribution is 0.0697. The minimum Gasteiger partial charge on any atom is -0.493 e. The monoisotopic (exact) mass is 365 g/mol. The second-order valence-corrected chi connectivity index (χ2v) is 7.30. The molecule has 138 valence electrons. The van der Waals surface area contributed by atoms with Crippen molar-refractivity contribution in [1.29, 1.82) is 0 Å². The van der Waals surface area contributed by atoms with Crippen LogP contribution in [0.4, 0.5) is 0 Å². The lowest BCUT2D eigenvalue weighted by Gasteiger charge is -2.22. The van der Waals surface area contributed by atoms with E-state index < -0.39 is 5.97 Å². The van der Waals surface area contributed by atoms with Gasteiger partial charge in [0.05, 0.1) is 12.7 Å². The second kappa shape index (κ2) is 5.74. The minimum atomic E-state index is -0.983. The molecule has 1 aliphatic carbocycles. The van der Waals surface area contributed by atoms with E-state index in [2.05, 4.69) is 4.98 Å². The maximum Gasteiger partial charge on any atom is 0.335 e. The highest BCUT2D eigenvalue weighted by Crippen LogP contribution is 2.51. The number of hydrogen-bond donors (Lipinski definition) is 1. The van der Waals surface area contributed by atoms with Crippen molar-refractivity contribution < 1.29 is 23.8 Å². The van der Waals surface area contributed by atoms with Crippen LogP contribution in [-0.2, 0) is 6.42 Å². The molecule has 0 saturated heterocycles. The molecule has 2 aromatic carbocycles. The second-order valence-electron chi connectivity index (χ2n) is 7.30. The van der Waals surface area contributed by atoms with Crippen LogP contribution in [-0.4, -0.2) is 28.8 Å². The van der Waals surface area contributed by atoms with Crippen molar-refractivity contribution in [3.8, 4) is 23.0 Å². The summed E-state index contributed by atoms with van der Waals surface area (Å²) in [7, 11) is 1.64. The number of benzene rings is 2. The fraction of sp³-hybridized carbons (Fsp3) is 0.333. The number of ether oxygens (including phenoxy) is 2. The number of hydrogen-bond acceptors (Lipinski definition) is 5. The largest absolute Gasteiger partial charge is 0.493 e. The SMILES string of the molecule is COc1ccc(-c2nc3cc(C(=O)O)ccc3o2)c2c1OC1(CCCC1)C2. The topological polar surface area (TPSA) is 81.8 Å². The van der Waals surface area contributed by atoms with Crippen LogP contribution in [0.15, 0.2) is 34.7 Å². The summed E-state index contributed by atoms with van der Waals surface area (Å²) in [6.07, 6.45) is 5.24. The number of carboxylic acids is 1. The minimum absolute atomic E-state index is 0.145. The lowest BCUT2D eigenvalue weighted by Crippen LogP contribution is -2.30. The van der Waals surface area contributed by atoms with Gasteiger partial charge in [0.2, 0.25) is 5.89 Å². The highest BCUT2D eigenvalue weighted by Gasteiger charge is 2.44. The van der Waals surface area contributed by atoms with Crippen molar-refractivity contribution in [1.82, 2.24) is 4.98 Å². The summed E-state index contributed by atoms with van der Waals surface area (Å²) in [6.45, 7) is 0. The van der Waals surface area contributed by atoms with E-state index in [1.165, 1.54) is 25.0 Å². The molecule has 0 amide bonds. The van der Waals surface area contributed by atoms with Crippen LogP contribution in [0.1, 0.15) is 41.6 Å². The first-order valence-corrected chi connectivity index (χ1v) is 9.12. The third-order valence-electron chi connectivity index (χ3n) is 5.64. The number of aromatic nitrogens is 1. The molecule has 6 nitrogen and oxygen atoms in total. The zero-order chi connectivity index (χ0) is 18.6. The van der Waals surface area contributed by atoms with Crippen molar-refractivity contribution in [3.63, 3.8) is 0 Å². The zero-order valence-electron chi connectivity index (χ0n) is 14.9. The van der Waals surface area contributed by atoms with Crippen molar-refractivity contribution in [3.05, 3.63) is 41.5 Å². The van der Waals surface area contributed by atoms with Crippen molar-refractivity contribution in [2.24, 2.45) is 0 Å². The lowest BCUT2D eigenvalue weighted by atomic mass is 9.93. The molecule has 0 unspecified atom stereocenters. The molecule has 2 heterocycles. The number of fused-ring (bicyclic) bond motifs is 2. The summed E-state index contributed by atoms with van der Waals surface area (Å²) < 4.78 is 17.8. The van der Waals surface area contributed by atoms with Gasteiger partial charge in [-0.1, -0.05) is 0 Å². The number of carboxylic acid groups (broad SMARTS) is 1. The van der Waals surface area contributed by atoms with E-state index in [0.717, 1.165) is 41.9 Å². The summed E-state index contributed by atoms with van der Waals surface area (Å²) in [6, 6.07) is 8.52. The van der Waals surface area contributed by atoms with Crippen LogP contribution in [0, 0.1) is 0 Å². The predicted octanol–water partition coefficient (Wildman–Crippen LogP) is 4.45. The van der Waals surface area contributed by atoms with E-state index in [1.54, 1.807) is 13.2 Å². The molecular formula is C21H19NO5. The van der Waals surface area contributed by atoms with Gasteiger partial charge in [0.1, 0.15) is 11.1 Å². The molecule has 1 aliphatic heterocycles. The summed E-state index contributed by atoms with van der Waals surface area (Å²) in [5, 5.41) is 9.18. The smallest absolute Gasteiger partial charge is 0.335 e. The normalized spacial score (nSPS) is 17.2. The number of nitrogens with zero attached hydrogens (tertiary/aromatic N) is 1. The summed E-state index contributed by atoms with van der Waals surface area (Å²) in [4.78, 5) is 15.7. The number of rotatable bonds is 3. The zero-order valence-corrected chi connectivity index (χ0v) is 14.9. The van der Waals surface area contributed by atoms with Gasteiger partial charge in [-0.05, 0) is 56.0 Å². The molecule has 5 rings (SSSR count). The van der Waals surface area contributed by atoms with E-state index in [0.29, 0.717) is 17.0 Å². The summed E-state index contributed by atoms with van der Waals surface area (Å²) in [5.74, 6) is 1.00. The van der Waals surface area contributed by atoms with Crippen LogP contribution in [0.2, 0.25) is 0 Å². The Labute approximate surface area is 155 Å². The Kier molecular flexibility index (Phi) is 3.44.